The Morgan fingerprint density at radius 2 is 1.50 bits per heavy atom. The molecule has 3 rings (SSSR count). The molecule has 0 spiro atoms. The topological polar surface area (TPSA) is 118 Å². The molecule has 9 heteroatoms. The van der Waals surface area contributed by atoms with E-state index in [9.17, 15) is 14.4 Å². The number of carbonyl (C=O) groups excluding carboxylic acids is 3. The van der Waals surface area contributed by atoms with Crippen molar-refractivity contribution in [1.82, 2.24) is 5.43 Å². The Morgan fingerprint density at radius 1 is 0.806 bits per heavy atom. The van der Waals surface area contributed by atoms with Crippen LogP contribution < -0.4 is 25.5 Å². The molecule has 0 aromatic heterocycles. The van der Waals surface area contributed by atoms with E-state index in [1.54, 1.807) is 48.5 Å². The van der Waals surface area contributed by atoms with Gasteiger partial charge in [0.05, 0.1) is 18.5 Å². The Bertz CT molecular complexity index is 1220. The normalized spacial score (nSPS) is 10.5. The number of benzene rings is 3. The lowest BCUT2D eigenvalue weighted by atomic mass is 10.1. The van der Waals surface area contributed by atoms with Gasteiger partial charge in [0.15, 0.2) is 6.61 Å². The van der Waals surface area contributed by atoms with E-state index in [4.69, 9.17) is 9.47 Å². The smallest absolute Gasteiger partial charge is 0.329 e. The van der Waals surface area contributed by atoms with E-state index in [-0.39, 0.29) is 12.5 Å². The van der Waals surface area contributed by atoms with Crippen LogP contribution in [0.25, 0.3) is 0 Å². The maximum Gasteiger partial charge on any atom is 0.329 e. The largest absolute Gasteiger partial charge is 0.492 e. The monoisotopic (exact) mass is 488 g/mol. The van der Waals surface area contributed by atoms with Gasteiger partial charge in [-0.1, -0.05) is 37.3 Å². The highest BCUT2D eigenvalue weighted by molar-refractivity contribution is 6.39. The van der Waals surface area contributed by atoms with E-state index >= 15 is 0 Å². The van der Waals surface area contributed by atoms with Crippen molar-refractivity contribution in [3.8, 4) is 11.5 Å². The molecule has 0 unspecified atom stereocenters. The minimum Gasteiger partial charge on any atom is -0.492 e. The average Bonchev–Trinajstić information content (AvgIpc) is 2.89. The minimum absolute atomic E-state index is 0.136. The maximum atomic E-state index is 12.2. The van der Waals surface area contributed by atoms with Crippen molar-refractivity contribution in [2.24, 2.45) is 5.10 Å². The van der Waals surface area contributed by atoms with Crippen molar-refractivity contribution < 1.29 is 23.9 Å². The highest BCUT2D eigenvalue weighted by Gasteiger charge is 2.15. The van der Waals surface area contributed by atoms with Crippen molar-refractivity contribution in [3.05, 3.63) is 83.9 Å². The Labute approximate surface area is 209 Å². The molecule has 3 N–H and O–H groups in total. The summed E-state index contributed by atoms with van der Waals surface area (Å²) in [6.45, 7) is 4.13. The van der Waals surface area contributed by atoms with E-state index in [1.807, 2.05) is 38.1 Å². The summed E-state index contributed by atoms with van der Waals surface area (Å²) in [4.78, 5) is 36.4. The number of rotatable bonds is 10. The van der Waals surface area contributed by atoms with Crippen LogP contribution in [0.15, 0.2) is 77.9 Å². The molecule has 0 radical (unpaired) electrons. The van der Waals surface area contributed by atoms with Gasteiger partial charge in [-0.05, 0) is 66.9 Å². The van der Waals surface area contributed by atoms with Gasteiger partial charge in [-0.15, -0.1) is 0 Å². The molecule has 0 fully saturated rings. The van der Waals surface area contributed by atoms with Crippen LogP contribution in [0.5, 0.6) is 11.5 Å². The molecule has 3 aromatic carbocycles. The first-order valence-electron chi connectivity index (χ1n) is 11.5. The van der Waals surface area contributed by atoms with Gasteiger partial charge in [0, 0.05) is 5.69 Å². The van der Waals surface area contributed by atoms with Gasteiger partial charge in [-0.2, -0.15) is 5.10 Å². The standard InChI is InChI=1S/C27H28N4O5/c1-3-20-9-5-6-10-22(20)29-25(32)18-36-21-15-13-19(14-16-21)17-28-31-27(34)26(33)30-23-11-7-8-12-24(23)35-4-2/h5-17H,3-4,18H2,1-2H3,(H,29,32)(H,30,33)(H,31,34)/b28-17-. The first-order chi connectivity index (χ1) is 17.5. The quantitative estimate of drug-likeness (QED) is 0.228. The fraction of sp³-hybridized carbons (Fsp3) is 0.185. The zero-order chi connectivity index (χ0) is 25.8. The molecule has 0 bridgehead atoms. The third kappa shape index (κ3) is 7.69. The van der Waals surface area contributed by atoms with Crippen LogP contribution in [0.4, 0.5) is 11.4 Å². The fourth-order valence-corrected chi connectivity index (χ4v) is 3.18. The molecular formula is C27H28N4O5. The number of nitrogens with zero attached hydrogens (tertiary/aromatic N) is 1. The second-order valence-corrected chi connectivity index (χ2v) is 7.50. The van der Waals surface area contributed by atoms with Gasteiger partial charge < -0.3 is 20.1 Å². The molecule has 36 heavy (non-hydrogen) atoms. The first-order valence-corrected chi connectivity index (χ1v) is 11.5. The van der Waals surface area contributed by atoms with Crippen molar-refractivity contribution >= 4 is 35.3 Å². The number of para-hydroxylation sites is 3. The summed E-state index contributed by atoms with van der Waals surface area (Å²) in [5.41, 5.74) is 5.06. The predicted molar refractivity (Wildman–Crippen MR) is 138 cm³/mol. The van der Waals surface area contributed by atoms with Crippen LogP contribution in [-0.2, 0) is 20.8 Å². The summed E-state index contributed by atoms with van der Waals surface area (Å²) in [6.07, 6.45) is 2.20. The molecule has 0 aliphatic carbocycles. The molecule has 0 heterocycles. The highest BCUT2D eigenvalue weighted by atomic mass is 16.5. The SMILES string of the molecule is CCOc1ccccc1NC(=O)C(=O)N/N=C\c1ccc(OCC(=O)Nc2ccccc2CC)cc1. The van der Waals surface area contributed by atoms with E-state index < -0.39 is 11.8 Å². The molecule has 0 atom stereocenters. The number of ether oxygens (including phenoxy) is 2. The van der Waals surface area contributed by atoms with Crippen molar-refractivity contribution in [1.29, 1.82) is 0 Å². The van der Waals surface area contributed by atoms with Crippen molar-refractivity contribution in [2.75, 3.05) is 23.8 Å². The van der Waals surface area contributed by atoms with Crippen LogP contribution in [0, 0.1) is 0 Å². The summed E-state index contributed by atoms with van der Waals surface area (Å²) in [6, 6.07) is 21.2. The van der Waals surface area contributed by atoms with Gasteiger partial charge in [-0.25, -0.2) is 5.43 Å². The second kappa shape index (κ2) is 13.3. The maximum absolute atomic E-state index is 12.2. The van der Waals surface area contributed by atoms with E-state index in [2.05, 4.69) is 21.2 Å². The minimum atomic E-state index is -0.923. The van der Waals surface area contributed by atoms with Crippen LogP contribution >= 0.6 is 0 Å². The third-order valence-corrected chi connectivity index (χ3v) is 4.94. The Morgan fingerprint density at radius 3 is 2.22 bits per heavy atom. The number of anilines is 2. The number of nitrogens with one attached hydrogen (secondary N) is 3. The Balaban J connectivity index is 1.45. The van der Waals surface area contributed by atoms with Crippen LogP contribution in [0.1, 0.15) is 25.0 Å². The molecule has 0 saturated heterocycles. The summed E-state index contributed by atoms with van der Waals surface area (Å²) in [7, 11) is 0. The second-order valence-electron chi connectivity index (χ2n) is 7.50. The third-order valence-electron chi connectivity index (χ3n) is 4.94. The zero-order valence-electron chi connectivity index (χ0n) is 20.1. The molecular weight excluding hydrogens is 460 g/mol. The molecule has 186 valence electrons. The zero-order valence-corrected chi connectivity index (χ0v) is 20.1. The number of hydrazone groups is 1. The number of carbonyl (C=O) groups is 3. The van der Waals surface area contributed by atoms with Gasteiger partial charge >= 0.3 is 11.8 Å². The summed E-state index contributed by atoms with van der Waals surface area (Å²) in [5.74, 6) is -1.08. The number of aryl methyl sites for hydroxylation is 1. The lowest BCUT2D eigenvalue weighted by Crippen LogP contribution is -2.32. The number of hydrogen-bond donors (Lipinski definition) is 3. The number of amides is 3. The van der Waals surface area contributed by atoms with E-state index in [0.717, 1.165) is 17.7 Å². The van der Waals surface area contributed by atoms with Crippen LogP contribution in [0.2, 0.25) is 0 Å². The lowest BCUT2D eigenvalue weighted by molar-refractivity contribution is -0.136. The van der Waals surface area contributed by atoms with Crippen LogP contribution in [-0.4, -0.2) is 37.1 Å². The molecule has 3 amide bonds. The van der Waals surface area contributed by atoms with Gasteiger partial charge in [0.2, 0.25) is 0 Å². The summed E-state index contributed by atoms with van der Waals surface area (Å²) >= 11 is 0. The average molecular weight is 489 g/mol. The van der Waals surface area contributed by atoms with Gasteiger partial charge in [0.25, 0.3) is 5.91 Å². The van der Waals surface area contributed by atoms with Crippen LogP contribution in [0.3, 0.4) is 0 Å². The molecule has 0 aliphatic heterocycles. The molecule has 0 saturated carbocycles. The molecule has 3 aromatic rings. The lowest BCUT2D eigenvalue weighted by Gasteiger charge is -2.10. The highest BCUT2D eigenvalue weighted by Crippen LogP contribution is 2.23. The molecule has 9 nitrogen and oxygen atoms in total. The Kier molecular flexibility index (Phi) is 9.58. The van der Waals surface area contributed by atoms with E-state index in [1.165, 1.54) is 6.21 Å². The summed E-state index contributed by atoms with van der Waals surface area (Å²) < 4.78 is 11.0. The van der Waals surface area contributed by atoms with E-state index in [0.29, 0.717) is 29.4 Å². The molecule has 0 aliphatic rings. The van der Waals surface area contributed by atoms with Gasteiger partial charge in [-0.3, -0.25) is 14.4 Å². The number of hydrogen-bond acceptors (Lipinski definition) is 6. The Hall–Kier alpha value is -4.66. The van der Waals surface area contributed by atoms with Gasteiger partial charge in [0.1, 0.15) is 11.5 Å². The summed E-state index contributed by atoms with van der Waals surface area (Å²) in [5, 5.41) is 9.16. The van der Waals surface area contributed by atoms with Crippen molar-refractivity contribution in [3.63, 3.8) is 0 Å². The predicted octanol–water partition coefficient (Wildman–Crippen LogP) is 3.75. The fourth-order valence-electron chi connectivity index (χ4n) is 3.18. The first kappa shape index (κ1) is 26.0. The van der Waals surface area contributed by atoms with Crippen molar-refractivity contribution in [2.45, 2.75) is 20.3 Å².